The van der Waals surface area contributed by atoms with Gasteiger partial charge in [0.15, 0.2) is 11.5 Å². The molecule has 21 heavy (non-hydrogen) atoms. The monoisotopic (exact) mass is 277 g/mol. The minimum atomic E-state index is 0.218. The number of fused-ring (bicyclic) bond motifs is 1. The van der Waals surface area contributed by atoms with Crippen molar-refractivity contribution < 1.29 is 13.9 Å². The van der Waals surface area contributed by atoms with Crippen LogP contribution in [0.1, 0.15) is 0 Å². The van der Waals surface area contributed by atoms with Crippen LogP contribution in [0, 0.1) is 0 Å². The van der Waals surface area contributed by atoms with Gasteiger partial charge in [-0.25, -0.2) is 4.98 Å². The van der Waals surface area contributed by atoms with Gasteiger partial charge >= 0.3 is 0 Å². The number of rotatable bonds is 2. The van der Waals surface area contributed by atoms with Crippen LogP contribution in [0.3, 0.4) is 0 Å². The number of aromatic hydroxyl groups is 1. The van der Waals surface area contributed by atoms with Gasteiger partial charge in [0, 0.05) is 10.9 Å². The van der Waals surface area contributed by atoms with Gasteiger partial charge in [-0.15, -0.1) is 0 Å². The van der Waals surface area contributed by atoms with E-state index < -0.39 is 0 Å². The standard InChI is InChI=1S/C17H11NO3/c19-13-7-5-11(6-8-13)16-10-18-17(21-16)15-9-12-3-1-2-4-14(12)20-15/h1-10,19H. The Balaban J connectivity index is 1.75. The topological polar surface area (TPSA) is 59.4 Å². The van der Waals surface area contributed by atoms with Gasteiger partial charge in [0.05, 0.1) is 6.20 Å². The van der Waals surface area contributed by atoms with Gasteiger partial charge in [0.25, 0.3) is 5.89 Å². The fourth-order valence-electron chi connectivity index (χ4n) is 2.23. The lowest BCUT2D eigenvalue weighted by atomic mass is 10.2. The number of hydrogen-bond donors (Lipinski definition) is 1. The van der Waals surface area contributed by atoms with Crippen LogP contribution in [-0.4, -0.2) is 10.1 Å². The van der Waals surface area contributed by atoms with Gasteiger partial charge in [0.2, 0.25) is 0 Å². The number of hydrogen-bond acceptors (Lipinski definition) is 4. The summed E-state index contributed by atoms with van der Waals surface area (Å²) in [7, 11) is 0. The number of phenolic OH excluding ortho intramolecular Hbond substituents is 1. The molecule has 0 aliphatic heterocycles. The minimum absolute atomic E-state index is 0.218. The first-order valence-corrected chi connectivity index (χ1v) is 6.54. The third kappa shape index (κ3) is 2.07. The van der Waals surface area contributed by atoms with Crippen LogP contribution in [-0.2, 0) is 0 Å². The summed E-state index contributed by atoms with van der Waals surface area (Å²) in [4.78, 5) is 4.26. The van der Waals surface area contributed by atoms with Gasteiger partial charge < -0.3 is 13.9 Å². The molecule has 0 spiro atoms. The minimum Gasteiger partial charge on any atom is -0.508 e. The number of benzene rings is 2. The highest BCUT2D eigenvalue weighted by Gasteiger charge is 2.13. The van der Waals surface area contributed by atoms with Crippen molar-refractivity contribution in [3.8, 4) is 28.7 Å². The molecule has 0 fully saturated rings. The van der Waals surface area contributed by atoms with Crippen LogP contribution in [0.4, 0.5) is 0 Å². The third-order valence-electron chi connectivity index (χ3n) is 3.29. The summed E-state index contributed by atoms with van der Waals surface area (Å²) in [6.07, 6.45) is 1.65. The zero-order valence-electron chi connectivity index (χ0n) is 11.0. The largest absolute Gasteiger partial charge is 0.508 e. The summed E-state index contributed by atoms with van der Waals surface area (Å²) in [6.45, 7) is 0. The molecule has 2 aromatic heterocycles. The predicted molar refractivity (Wildman–Crippen MR) is 78.8 cm³/mol. The van der Waals surface area contributed by atoms with Gasteiger partial charge in [0.1, 0.15) is 11.3 Å². The summed E-state index contributed by atoms with van der Waals surface area (Å²) in [5.74, 6) is 1.89. The van der Waals surface area contributed by atoms with Crippen molar-refractivity contribution in [2.45, 2.75) is 0 Å². The second-order valence-corrected chi connectivity index (χ2v) is 4.73. The average Bonchev–Trinajstić information content (AvgIpc) is 3.14. The van der Waals surface area contributed by atoms with Crippen molar-refractivity contribution in [1.29, 1.82) is 0 Å². The number of phenols is 1. The fourth-order valence-corrected chi connectivity index (χ4v) is 2.23. The number of aromatic nitrogens is 1. The smallest absolute Gasteiger partial charge is 0.263 e. The highest BCUT2D eigenvalue weighted by atomic mass is 16.4. The lowest BCUT2D eigenvalue weighted by molar-refractivity contribution is 0.475. The molecule has 1 N–H and O–H groups in total. The van der Waals surface area contributed by atoms with E-state index in [1.165, 1.54) is 0 Å². The van der Waals surface area contributed by atoms with Gasteiger partial charge in [-0.1, -0.05) is 18.2 Å². The maximum absolute atomic E-state index is 9.31. The van der Waals surface area contributed by atoms with E-state index in [0.29, 0.717) is 17.4 Å². The van der Waals surface area contributed by atoms with Crippen molar-refractivity contribution in [3.05, 3.63) is 60.8 Å². The van der Waals surface area contributed by atoms with E-state index in [2.05, 4.69) is 4.98 Å². The summed E-state index contributed by atoms with van der Waals surface area (Å²) in [6, 6.07) is 16.4. The Morgan fingerprint density at radius 1 is 0.857 bits per heavy atom. The molecule has 4 rings (SSSR count). The first kappa shape index (κ1) is 11.8. The fraction of sp³-hybridized carbons (Fsp3) is 0. The molecule has 0 aliphatic rings. The third-order valence-corrected chi connectivity index (χ3v) is 3.29. The first-order valence-electron chi connectivity index (χ1n) is 6.54. The molecule has 0 atom stereocenters. The van der Waals surface area contributed by atoms with Gasteiger partial charge in [-0.2, -0.15) is 0 Å². The SMILES string of the molecule is Oc1ccc(-c2cnc(-c3cc4ccccc4o3)o2)cc1. The summed E-state index contributed by atoms with van der Waals surface area (Å²) in [5.41, 5.74) is 1.65. The lowest BCUT2D eigenvalue weighted by Gasteiger charge is -1.95. The maximum atomic E-state index is 9.31. The maximum Gasteiger partial charge on any atom is 0.263 e. The van der Waals surface area contributed by atoms with E-state index in [4.69, 9.17) is 8.83 Å². The first-order chi connectivity index (χ1) is 10.3. The Morgan fingerprint density at radius 2 is 1.67 bits per heavy atom. The normalized spacial score (nSPS) is 11.0. The molecule has 0 bridgehead atoms. The molecule has 0 aliphatic carbocycles. The van der Waals surface area contributed by atoms with Crippen LogP contribution < -0.4 is 0 Å². The average molecular weight is 277 g/mol. The zero-order chi connectivity index (χ0) is 14.2. The molecule has 0 radical (unpaired) electrons. The van der Waals surface area contributed by atoms with E-state index in [0.717, 1.165) is 16.5 Å². The van der Waals surface area contributed by atoms with Crippen molar-refractivity contribution >= 4 is 11.0 Å². The van der Waals surface area contributed by atoms with Gasteiger partial charge in [-0.3, -0.25) is 0 Å². The van der Waals surface area contributed by atoms with Gasteiger partial charge in [-0.05, 0) is 36.4 Å². The van der Waals surface area contributed by atoms with Crippen molar-refractivity contribution in [3.63, 3.8) is 0 Å². The molecule has 0 saturated carbocycles. The van der Waals surface area contributed by atoms with E-state index >= 15 is 0 Å². The van der Waals surface area contributed by atoms with Crippen molar-refractivity contribution in [2.24, 2.45) is 0 Å². The van der Waals surface area contributed by atoms with E-state index in [9.17, 15) is 5.11 Å². The second-order valence-electron chi connectivity index (χ2n) is 4.73. The van der Waals surface area contributed by atoms with Crippen LogP contribution >= 0.6 is 0 Å². The zero-order valence-corrected chi connectivity index (χ0v) is 11.0. The molecule has 0 unspecified atom stereocenters. The molecule has 4 heteroatoms. The number of oxazole rings is 1. The second kappa shape index (κ2) is 4.52. The predicted octanol–water partition coefficient (Wildman–Crippen LogP) is 4.46. The molecule has 2 heterocycles. The molecule has 102 valence electrons. The van der Waals surface area contributed by atoms with Crippen LogP contribution in [0.15, 0.2) is 69.6 Å². The molecule has 2 aromatic carbocycles. The quantitative estimate of drug-likeness (QED) is 0.587. The van der Waals surface area contributed by atoms with E-state index in [1.54, 1.807) is 30.5 Å². The number of nitrogens with zero attached hydrogens (tertiary/aromatic N) is 1. The summed E-state index contributed by atoms with van der Waals surface area (Å²) in [5, 5.41) is 10.3. The molecule has 4 nitrogen and oxygen atoms in total. The molecular formula is C17H11NO3. The Bertz CT molecular complexity index is 870. The Morgan fingerprint density at radius 3 is 2.48 bits per heavy atom. The number of para-hydroxylation sites is 1. The lowest BCUT2D eigenvalue weighted by Crippen LogP contribution is -1.72. The van der Waals surface area contributed by atoms with E-state index in [1.807, 2.05) is 30.3 Å². The molecular weight excluding hydrogens is 266 g/mol. The van der Waals surface area contributed by atoms with Crippen molar-refractivity contribution in [2.75, 3.05) is 0 Å². The summed E-state index contributed by atoms with van der Waals surface area (Å²) < 4.78 is 11.5. The molecule has 0 saturated heterocycles. The van der Waals surface area contributed by atoms with E-state index in [-0.39, 0.29) is 5.75 Å². The molecule has 0 amide bonds. The highest BCUT2D eigenvalue weighted by molar-refractivity contribution is 5.81. The summed E-state index contributed by atoms with van der Waals surface area (Å²) >= 11 is 0. The molecule has 4 aromatic rings. The Labute approximate surface area is 120 Å². The number of furan rings is 1. The highest BCUT2D eigenvalue weighted by Crippen LogP contribution is 2.30. The Hall–Kier alpha value is -3.01. The van der Waals surface area contributed by atoms with Crippen LogP contribution in [0.25, 0.3) is 33.9 Å². The van der Waals surface area contributed by atoms with Crippen LogP contribution in [0.2, 0.25) is 0 Å². The Kier molecular flexibility index (Phi) is 2.54. The van der Waals surface area contributed by atoms with Crippen molar-refractivity contribution in [1.82, 2.24) is 4.98 Å². The van der Waals surface area contributed by atoms with Crippen LogP contribution in [0.5, 0.6) is 5.75 Å².